The Hall–Kier alpha value is -3.66. The third kappa shape index (κ3) is 2.70. The summed E-state index contributed by atoms with van der Waals surface area (Å²) >= 11 is 0. The number of carboxylic acid groups (broad SMARTS) is 2. The van der Waals surface area contributed by atoms with Gasteiger partial charge in [-0.1, -0.05) is 84.9 Å². The third-order valence-corrected chi connectivity index (χ3v) is 5.34. The van der Waals surface area contributed by atoms with Gasteiger partial charge >= 0.3 is 11.9 Å². The molecule has 4 rings (SSSR count). The summed E-state index contributed by atoms with van der Waals surface area (Å²) in [6.45, 7) is 0. The predicted octanol–water partition coefficient (Wildman–Crippen LogP) is 4.57. The molecule has 0 radical (unpaired) electrons. The first kappa shape index (κ1) is 17.7. The first-order valence-corrected chi connectivity index (χ1v) is 8.94. The molecule has 28 heavy (non-hydrogen) atoms. The minimum atomic E-state index is -1.66. The summed E-state index contributed by atoms with van der Waals surface area (Å²) in [7, 11) is 0. The molecule has 1 aliphatic rings. The molecule has 3 aromatic rings. The third-order valence-electron chi connectivity index (χ3n) is 5.34. The van der Waals surface area contributed by atoms with Crippen LogP contribution in [0.25, 0.3) is 17.2 Å². The molecule has 2 atom stereocenters. The molecule has 0 spiro atoms. The largest absolute Gasteiger partial charge is 0.481 e. The highest BCUT2D eigenvalue weighted by Gasteiger charge is 2.52. The lowest BCUT2D eigenvalue weighted by Gasteiger charge is -2.36. The van der Waals surface area contributed by atoms with E-state index in [1.54, 1.807) is 42.5 Å². The fourth-order valence-electron chi connectivity index (χ4n) is 3.98. The zero-order valence-electron chi connectivity index (χ0n) is 14.9. The van der Waals surface area contributed by atoms with Crippen molar-refractivity contribution in [3.8, 4) is 11.1 Å². The summed E-state index contributed by atoms with van der Waals surface area (Å²) in [4.78, 5) is 24.6. The summed E-state index contributed by atoms with van der Waals surface area (Å²) in [5.74, 6) is -3.57. The molecule has 0 amide bonds. The Morgan fingerprint density at radius 3 is 2.04 bits per heavy atom. The number of carbonyl (C=O) groups is 2. The average molecular weight is 370 g/mol. The van der Waals surface area contributed by atoms with Gasteiger partial charge in [-0.3, -0.25) is 9.59 Å². The highest BCUT2D eigenvalue weighted by Crippen LogP contribution is 2.46. The summed E-state index contributed by atoms with van der Waals surface area (Å²) in [5.41, 5.74) is 1.99. The van der Waals surface area contributed by atoms with E-state index < -0.39 is 23.3 Å². The normalized spacial score (nSPS) is 20.4. The maximum Gasteiger partial charge on any atom is 0.319 e. The fraction of sp³-hybridized carbons (Fsp3) is 0.0833. The molecule has 0 saturated heterocycles. The van der Waals surface area contributed by atoms with Crippen molar-refractivity contribution in [1.82, 2.24) is 0 Å². The molecule has 1 aliphatic carbocycles. The van der Waals surface area contributed by atoms with Gasteiger partial charge in [-0.2, -0.15) is 0 Å². The second-order valence-electron chi connectivity index (χ2n) is 6.85. The van der Waals surface area contributed by atoms with E-state index in [-0.39, 0.29) is 0 Å². The Kier molecular flexibility index (Phi) is 4.32. The number of aliphatic carboxylic acids is 2. The van der Waals surface area contributed by atoms with Crippen LogP contribution >= 0.6 is 0 Å². The molecule has 0 aliphatic heterocycles. The van der Waals surface area contributed by atoms with Crippen LogP contribution in [0.3, 0.4) is 0 Å². The Morgan fingerprint density at radius 1 is 0.786 bits per heavy atom. The van der Waals surface area contributed by atoms with Crippen LogP contribution in [0.1, 0.15) is 22.6 Å². The quantitative estimate of drug-likeness (QED) is 0.705. The van der Waals surface area contributed by atoms with Crippen LogP contribution in [0.15, 0.2) is 84.9 Å². The second-order valence-corrected chi connectivity index (χ2v) is 6.85. The smallest absolute Gasteiger partial charge is 0.319 e. The van der Waals surface area contributed by atoms with Crippen molar-refractivity contribution in [2.75, 3.05) is 0 Å². The molecule has 3 aromatic carbocycles. The molecule has 0 saturated carbocycles. The number of carboxylic acids is 2. The lowest BCUT2D eigenvalue weighted by Crippen LogP contribution is -2.45. The van der Waals surface area contributed by atoms with E-state index in [1.165, 1.54) is 6.08 Å². The second kappa shape index (κ2) is 6.82. The van der Waals surface area contributed by atoms with Crippen LogP contribution in [0, 0.1) is 0 Å². The van der Waals surface area contributed by atoms with Gasteiger partial charge < -0.3 is 10.2 Å². The van der Waals surface area contributed by atoms with E-state index in [2.05, 4.69) is 0 Å². The highest BCUT2D eigenvalue weighted by atomic mass is 16.4. The average Bonchev–Trinajstić information content (AvgIpc) is 2.73. The number of fused-ring (bicyclic) bond motifs is 1. The van der Waals surface area contributed by atoms with Gasteiger partial charge in [-0.05, 0) is 33.9 Å². The lowest BCUT2D eigenvalue weighted by molar-refractivity contribution is -0.150. The Morgan fingerprint density at radius 2 is 1.43 bits per heavy atom. The van der Waals surface area contributed by atoms with Crippen LogP contribution in [0.2, 0.25) is 0 Å². The summed E-state index contributed by atoms with van der Waals surface area (Å²) < 4.78 is 0. The van der Waals surface area contributed by atoms with Gasteiger partial charge in [0.25, 0.3) is 0 Å². The van der Waals surface area contributed by atoms with E-state index in [0.717, 1.165) is 16.7 Å². The molecule has 0 fully saturated rings. The summed E-state index contributed by atoms with van der Waals surface area (Å²) in [5, 5.41) is 20.1. The van der Waals surface area contributed by atoms with Crippen LogP contribution < -0.4 is 0 Å². The predicted molar refractivity (Wildman–Crippen MR) is 107 cm³/mol. The van der Waals surface area contributed by atoms with E-state index in [4.69, 9.17) is 0 Å². The SMILES string of the molecule is O=C(O)C1c2ccc(-c3ccccc3)cc2C=CC1(C(=O)O)c1ccccc1. The van der Waals surface area contributed by atoms with Gasteiger partial charge in [0.15, 0.2) is 0 Å². The van der Waals surface area contributed by atoms with Gasteiger partial charge in [-0.25, -0.2) is 0 Å². The standard InChI is InChI=1S/C24H18O4/c25-22(26)21-20-12-11-17(16-7-3-1-4-8-16)15-18(20)13-14-24(21,23(27)28)19-9-5-2-6-10-19/h1-15,21H,(H,25,26)(H,27,28). The monoisotopic (exact) mass is 370 g/mol. The first-order chi connectivity index (χ1) is 13.5. The number of hydrogen-bond acceptors (Lipinski definition) is 2. The minimum Gasteiger partial charge on any atom is -0.481 e. The van der Waals surface area contributed by atoms with Crippen molar-refractivity contribution in [2.24, 2.45) is 0 Å². The maximum atomic E-state index is 12.4. The molecule has 0 heterocycles. The number of benzene rings is 3. The van der Waals surface area contributed by atoms with Crippen molar-refractivity contribution in [3.05, 3.63) is 102 Å². The molecule has 2 N–H and O–H groups in total. The van der Waals surface area contributed by atoms with Gasteiger partial charge in [0.1, 0.15) is 11.3 Å². The molecular formula is C24H18O4. The van der Waals surface area contributed by atoms with Gasteiger partial charge in [0, 0.05) is 0 Å². The highest BCUT2D eigenvalue weighted by molar-refractivity contribution is 5.97. The van der Waals surface area contributed by atoms with Crippen molar-refractivity contribution in [2.45, 2.75) is 11.3 Å². The topological polar surface area (TPSA) is 74.6 Å². The molecular weight excluding hydrogens is 352 g/mol. The van der Waals surface area contributed by atoms with Crippen molar-refractivity contribution >= 4 is 18.0 Å². The molecule has 4 heteroatoms. The molecule has 0 bridgehead atoms. The molecule has 138 valence electrons. The Balaban J connectivity index is 1.91. The Labute approximate surface area is 162 Å². The van der Waals surface area contributed by atoms with Gasteiger partial charge in [0.2, 0.25) is 0 Å². The van der Waals surface area contributed by atoms with Crippen LogP contribution in [0.5, 0.6) is 0 Å². The van der Waals surface area contributed by atoms with Gasteiger partial charge in [-0.15, -0.1) is 0 Å². The van der Waals surface area contributed by atoms with E-state index in [9.17, 15) is 19.8 Å². The van der Waals surface area contributed by atoms with Gasteiger partial charge in [0.05, 0.1) is 0 Å². The number of hydrogen-bond donors (Lipinski definition) is 2. The van der Waals surface area contributed by atoms with E-state index in [1.807, 2.05) is 42.5 Å². The molecule has 0 aromatic heterocycles. The van der Waals surface area contributed by atoms with Crippen molar-refractivity contribution < 1.29 is 19.8 Å². The summed E-state index contributed by atoms with van der Waals surface area (Å²) in [6.07, 6.45) is 3.24. The zero-order chi connectivity index (χ0) is 19.7. The van der Waals surface area contributed by atoms with Crippen LogP contribution in [-0.4, -0.2) is 22.2 Å². The maximum absolute atomic E-state index is 12.4. The Bertz CT molecular complexity index is 1070. The summed E-state index contributed by atoms with van der Waals surface area (Å²) in [6, 6.07) is 23.8. The van der Waals surface area contributed by atoms with Crippen LogP contribution in [-0.2, 0) is 15.0 Å². The zero-order valence-corrected chi connectivity index (χ0v) is 14.9. The molecule has 2 unspecified atom stereocenters. The van der Waals surface area contributed by atoms with E-state index >= 15 is 0 Å². The van der Waals surface area contributed by atoms with E-state index in [0.29, 0.717) is 11.1 Å². The van der Waals surface area contributed by atoms with Crippen LogP contribution in [0.4, 0.5) is 0 Å². The first-order valence-electron chi connectivity index (χ1n) is 8.94. The fourth-order valence-corrected chi connectivity index (χ4v) is 3.98. The minimum absolute atomic E-state index is 0.448. The number of rotatable bonds is 4. The van der Waals surface area contributed by atoms with Crippen molar-refractivity contribution in [3.63, 3.8) is 0 Å². The molecule has 4 nitrogen and oxygen atoms in total. The lowest BCUT2D eigenvalue weighted by atomic mass is 9.63. The van der Waals surface area contributed by atoms with Crippen molar-refractivity contribution in [1.29, 1.82) is 0 Å².